The maximum Gasteiger partial charge on any atom is 0.242 e. The van der Waals surface area contributed by atoms with Crippen molar-refractivity contribution in [2.24, 2.45) is 5.73 Å². The first-order valence-electron chi connectivity index (χ1n) is 6.22. The van der Waals surface area contributed by atoms with E-state index in [4.69, 9.17) is 5.73 Å². The quantitative estimate of drug-likeness (QED) is 0.889. The first-order chi connectivity index (χ1) is 8.38. The van der Waals surface area contributed by atoms with Crippen molar-refractivity contribution in [1.82, 2.24) is 4.90 Å². The van der Waals surface area contributed by atoms with Crippen LogP contribution in [0.3, 0.4) is 0 Å². The zero-order valence-corrected chi connectivity index (χ0v) is 10.8. The summed E-state index contributed by atoms with van der Waals surface area (Å²) in [6.07, 6.45) is 2.06. The lowest BCUT2D eigenvalue weighted by Crippen LogP contribution is -2.51. The Hall–Kier alpha value is -1.42. The van der Waals surface area contributed by atoms with E-state index < -0.39 is 5.54 Å². The zero-order chi connectivity index (χ0) is 13.3. The maximum atomic E-state index is 12.8. The molecule has 0 heterocycles. The minimum absolute atomic E-state index is 0.0469. The summed E-state index contributed by atoms with van der Waals surface area (Å²) in [6, 6.07) is 6.55. The van der Waals surface area contributed by atoms with Gasteiger partial charge in [-0.2, -0.15) is 0 Å². The summed E-state index contributed by atoms with van der Waals surface area (Å²) in [6.45, 7) is 3.94. The second-order valence-electron chi connectivity index (χ2n) is 5.51. The van der Waals surface area contributed by atoms with Crippen molar-refractivity contribution in [3.05, 3.63) is 35.6 Å². The van der Waals surface area contributed by atoms with E-state index in [1.807, 2.05) is 4.90 Å². The number of carbonyl (C=O) groups is 1. The van der Waals surface area contributed by atoms with Gasteiger partial charge < -0.3 is 10.6 Å². The van der Waals surface area contributed by atoms with Gasteiger partial charge in [-0.3, -0.25) is 4.79 Å². The van der Waals surface area contributed by atoms with Crippen LogP contribution in [0.2, 0.25) is 0 Å². The van der Waals surface area contributed by atoms with Gasteiger partial charge >= 0.3 is 0 Å². The molecule has 1 saturated carbocycles. The Kier molecular flexibility index (Phi) is 3.39. The van der Waals surface area contributed by atoms with Crippen molar-refractivity contribution >= 4 is 5.91 Å². The van der Waals surface area contributed by atoms with Crippen molar-refractivity contribution in [3.8, 4) is 0 Å². The molecule has 1 amide bonds. The monoisotopic (exact) mass is 250 g/mol. The SMILES string of the molecule is CC(C)(N)C(=O)N(Cc1ccc(F)cc1)C1CC1. The Morgan fingerprint density at radius 2 is 1.94 bits per heavy atom. The lowest BCUT2D eigenvalue weighted by atomic mass is 10.0. The Morgan fingerprint density at radius 1 is 1.39 bits per heavy atom. The van der Waals surface area contributed by atoms with E-state index in [0.717, 1.165) is 18.4 Å². The van der Waals surface area contributed by atoms with Crippen LogP contribution in [0.15, 0.2) is 24.3 Å². The van der Waals surface area contributed by atoms with Crippen LogP contribution in [-0.4, -0.2) is 22.4 Å². The molecule has 0 spiro atoms. The molecule has 0 aliphatic heterocycles. The number of rotatable bonds is 4. The van der Waals surface area contributed by atoms with Gasteiger partial charge in [0.1, 0.15) is 5.82 Å². The molecule has 2 N–H and O–H groups in total. The van der Waals surface area contributed by atoms with Crippen molar-refractivity contribution in [3.63, 3.8) is 0 Å². The first-order valence-corrected chi connectivity index (χ1v) is 6.22. The fourth-order valence-electron chi connectivity index (χ4n) is 1.91. The van der Waals surface area contributed by atoms with Gasteiger partial charge in [-0.1, -0.05) is 12.1 Å². The number of nitrogens with zero attached hydrogens (tertiary/aromatic N) is 1. The normalized spacial score (nSPS) is 15.6. The van der Waals surface area contributed by atoms with Gasteiger partial charge in [0.2, 0.25) is 5.91 Å². The summed E-state index contributed by atoms with van der Waals surface area (Å²) in [7, 11) is 0. The second-order valence-corrected chi connectivity index (χ2v) is 5.51. The molecule has 0 saturated heterocycles. The molecule has 0 aromatic heterocycles. The van der Waals surface area contributed by atoms with E-state index >= 15 is 0 Å². The van der Waals surface area contributed by atoms with Crippen molar-refractivity contribution < 1.29 is 9.18 Å². The highest BCUT2D eigenvalue weighted by Crippen LogP contribution is 2.30. The number of carbonyl (C=O) groups excluding carboxylic acids is 1. The predicted octanol–water partition coefficient (Wildman–Crippen LogP) is 2.05. The van der Waals surface area contributed by atoms with Gasteiger partial charge in [0.05, 0.1) is 5.54 Å². The molecule has 4 heteroatoms. The third-order valence-electron chi connectivity index (χ3n) is 3.07. The van der Waals surface area contributed by atoms with E-state index in [-0.39, 0.29) is 11.7 Å². The number of benzene rings is 1. The average molecular weight is 250 g/mol. The topological polar surface area (TPSA) is 46.3 Å². The molecule has 1 fully saturated rings. The average Bonchev–Trinajstić information content (AvgIpc) is 3.10. The van der Waals surface area contributed by atoms with Gasteiger partial charge in [0.25, 0.3) is 0 Å². The van der Waals surface area contributed by atoms with Crippen LogP contribution in [0.4, 0.5) is 4.39 Å². The predicted molar refractivity (Wildman–Crippen MR) is 68.2 cm³/mol. The molecule has 1 aliphatic carbocycles. The molecule has 0 bridgehead atoms. The number of hydrogen-bond acceptors (Lipinski definition) is 2. The Bertz CT molecular complexity index is 432. The van der Waals surface area contributed by atoms with Crippen LogP contribution in [0, 0.1) is 5.82 Å². The minimum Gasteiger partial charge on any atom is -0.334 e. The molecule has 1 aromatic rings. The fourth-order valence-corrected chi connectivity index (χ4v) is 1.91. The number of hydrogen-bond donors (Lipinski definition) is 1. The smallest absolute Gasteiger partial charge is 0.242 e. The highest BCUT2D eigenvalue weighted by Gasteiger charge is 2.37. The summed E-state index contributed by atoms with van der Waals surface area (Å²) < 4.78 is 12.8. The van der Waals surface area contributed by atoms with Crippen LogP contribution in [0.25, 0.3) is 0 Å². The van der Waals surface area contributed by atoms with E-state index in [9.17, 15) is 9.18 Å². The largest absolute Gasteiger partial charge is 0.334 e. The Labute approximate surface area is 107 Å². The van der Waals surface area contributed by atoms with Crippen molar-refractivity contribution in [2.75, 3.05) is 0 Å². The highest BCUT2D eigenvalue weighted by atomic mass is 19.1. The van der Waals surface area contributed by atoms with E-state index in [1.54, 1.807) is 26.0 Å². The van der Waals surface area contributed by atoms with Gasteiger partial charge in [-0.25, -0.2) is 4.39 Å². The van der Waals surface area contributed by atoms with Crippen LogP contribution < -0.4 is 5.73 Å². The summed E-state index contributed by atoms with van der Waals surface area (Å²) in [5, 5.41) is 0. The summed E-state index contributed by atoms with van der Waals surface area (Å²) in [5.41, 5.74) is 5.94. The standard InChI is InChI=1S/C14H19FN2O/c1-14(2,16)13(18)17(12-7-8-12)9-10-3-5-11(15)6-4-10/h3-6,12H,7-9,16H2,1-2H3. The van der Waals surface area contributed by atoms with Crippen molar-refractivity contribution in [2.45, 2.75) is 44.8 Å². The molecular formula is C14H19FN2O. The van der Waals surface area contributed by atoms with E-state index in [0.29, 0.717) is 12.6 Å². The van der Waals surface area contributed by atoms with E-state index in [2.05, 4.69) is 0 Å². The van der Waals surface area contributed by atoms with Crippen LogP contribution in [0.5, 0.6) is 0 Å². The lowest BCUT2D eigenvalue weighted by molar-refractivity contribution is -0.137. The zero-order valence-electron chi connectivity index (χ0n) is 10.8. The first kappa shape index (κ1) is 13.0. The molecule has 98 valence electrons. The van der Waals surface area contributed by atoms with Crippen LogP contribution >= 0.6 is 0 Å². The third-order valence-corrected chi connectivity index (χ3v) is 3.07. The Morgan fingerprint density at radius 3 is 2.39 bits per heavy atom. The van der Waals surface area contributed by atoms with Gasteiger partial charge in [-0.05, 0) is 44.4 Å². The molecule has 1 aliphatic rings. The van der Waals surface area contributed by atoms with Crippen molar-refractivity contribution in [1.29, 1.82) is 0 Å². The molecule has 3 nitrogen and oxygen atoms in total. The molecule has 1 aromatic carbocycles. The Balaban J connectivity index is 2.12. The third kappa shape index (κ3) is 3.07. The highest BCUT2D eigenvalue weighted by molar-refractivity contribution is 5.85. The summed E-state index contributed by atoms with van der Waals surface area (Å²) in [5.74, 6) is -0.309. The van der Waals surface area contributed by atoms with Gasteiger partial charge in [0, 0.05) is 12.6 Å². The fraction of sp³-hybridized carbons (Fsp3) is 0.500. The van der Waals surface area contributed by atoms with Crippen LogP contribution in [0.1, 0.15) is 32.3 Å². The van der Waals surface area contributed by atoms with Gasteiger partial charge in [-0.15, -0.1) is 0 Å². The molecule has 0 atom stereocenters. The molecule has 18 heavy (non-hydrogen) atoms. The molecule has 0 unspecified atom stereocenters. The molecule has 0 radical (unpaired) electrons. The van der Waals surface area contributed by atoms with Crippen LogP contribution in [-0.2, 0) is 11.3 Å². The minimum atomic E-state index is -0.859. The molecule has 2 rings (SSSR count). The summed E-state index contributed by atoms with van der Waals surface area (Å²) >= 11 is 0. The number of amides is 1. The maximum absolute atomic E-state index is 12.8. The number of halogens is 1. The summed E-state index contributed by atoms with van der Waals surface area (Å²) in [4.78, 5) is 14.1. The molecular weight excluding hydrogens is 231 g/mol. The number of nitrogens with two attached hydrogens (primary N) is 1. The van der Waals surface area contributed by atoms with Gasteiger partial charge in [0.15, 0.2) is 0 Å². The van der Waals surface area contributed by atoms with E-state index in [1.165, 1.54) is 12.1 Å². The second kappa shape index (κ2) is 4.69. The lowest BCUT2D eigenvalue weighted by Gasteiger charge is -2.29.